The molecule has 122 valence electrons. The lowest BCUT2D eigenvalue weighted by Gasteiger charge is -2.37. The SMILES string of the molecule is Cc1cc(C#N)cc(NC(=O)N2CCCC(N3CCCC3)C2)c1. The Bertz CT molecular complexity index is 616. The number of carbonyl (C=O) groups is 1. The summed E-state index contributed by atoms with van der Waals surface area (Å²) < 4.78 is 0. The molecule has 1 aromatic carbocycles. The smallest absolute Gasteiger partial charge is 0.321 e. The van der Waals surface area contributed by atoms with E-state index in [1.165, 1.54) is 32.4 Å². The van der Waals surface area contributed by atoms with Crippen LogP contribution in [-0.2, 0) is 0 Å². The van der Waals surface area contributed by atoms with Crippen LogP contribution in [0.2, 0.25) is 0 Å². The molecule has 0 spiro atoms. The van der Waals surface area contributed by atoms with Gasteiger partial charge in [0.1, 0.15) is 0 Å². The summed E-state index contributed by atoms with van der Waals surface area (Å²) in [5, 5.41) is 12.0. The molecule has 2 aliphatic heterocycles. The Labute approximate surface area is 137 Å². The fraction of sp³-hybridized carbons (Fsp3) is 0.556. The summed E-state index contributed by atoms with van der Waals surface area (Å²) in [7, 11) is 0. The molecule has 2 amide bonds. The summed E-state index contributed by atoms with van der Waals surface area (Å²) in [6, 6.07) is 8.04. The van der Waals surface area contributed by atoms with E-state index in [9.17, 15) is 4.79 Å². The molecule has 1 N–H and O–H groups in total. The predicted molar refractivity (Wildman–Crippen MR) is 90.3 cm³/mol. The minimum Gasteiger partial charge on any atom is -0.323 e. The number of anilines is 1. The third-order valence-corrected chi connectivity index (χ3v) is 4.80. The highest BCUT2D eigenvalue weighted by Crippen LogP contribution is 2.21. The summed E-state index contributed by atoms with van der Waals surface area (Å²) in [4.78, 5) is 17.0. The Morgan fingerprint density at radius 2 is 2.00 bits per heavy atom. The van der Waals surface area contributed by atoms with Crippen molar-refractivity contribution < 1.29 is 4.79 Å². The molecule has 1 aromatic rings. The second-order valence-corrected chi connectivity index (χ2v) is 6.61. The van der Waals surface area contributed by atoms with Crippen molar-refractivity contribution in [3.63, 3.8) is 0 Å². The maximum absolute atomic E-state index is 12.6. The van der Waals surface area contributed by atoms with E-state index in [1.807, 2.05) is 24.0 Å². The lowest BCUT2D eigenvalue weighted by molar-refractivity contribution is 0.132. The summed E-state index contributed by atoms with van der Waals surface area (Å²) in [6.07, 6.45) is 4.81. The van der Waals surface area contributed by atoms with Gasteiger partial charge in [-0.25, -0.2) is 4.79 Å². The van der Waals surface area contributed by atoms with Crippen LogP contribution in [0.3, 0.4) is 0 Å². The fourth-order valence-corrected chi connectivity index (χ4v) is 3.67. The molecular formula is C18H24N4O. The minimum absolute atomic E-state index is 0.0524. The number of nitriles is 1. The standard InChI is InChI=1S/C18H24N4O/c1-14-9-15(12-19)11-16(10-14)20-18(23)22-8-4-5-17(13-22)21-6-2-3-7-21/h9-11,17H,2-8,13H2,1H3,(H,20,23). The Morgan fingerprint density at radius 1 is 1.22 bits per heavy atom. The van der Waals surface area contributed by atoms with Gasteiger partial charge in [0.2, 0.25) is 0 Å². The van der Waals surface area contributed by atoms with Crippen molar-refractivity contribution in [2.24, 2.45) is 0 Å². The number of hydrogen-bond acceptors (Lipinski definition) is 3. The first-order valence-corrected chi connectivity index (χ1v) is 8.47. The quantitative estimate of drug-likeness (QED) is 0.913. The zero-order valence-corrected chi connectivity index (χ0v) is 13.7. The number of piperidine rings is 1. The van der Waals surface area contributed by atoms with Gasteiger partial charge in [0.15, 0.2) is 0 Å². The topological polar surface area (TPSA) is 59.4 Å². The van der Waals surface area contributed by atoms with E-state index in [-0.39, 0.29) is 6.03 Å². The van der Waals surface area contributed by atoms with Crippen LogP contribution in [-0.4, -0.2) is 48.1 Å². The van der Waals surface area contributed by atoms with Crippen molar-refractivity contribution in [2.45, 2.75) is 38.6 Å². The van der Waals surface area contributed by atoms with Gasteiger partial charge in [0.05, 0.1) is 11.6 Å². The second kappa shape index (κ2) is 7.01. The van der Waals surface area contributed by atoms with Crippen LogP contribution < -0.4 is 5.32 Å². The van der Waals surface area contributed by atoms with Gasteiger partial charge in [-0.2, -0.15) is 5.26 Å². The number of likely N-dealkylation sites (tertiary alicyclic amines) is 2. The van der Waals surface area contributed by atoms with E-state index in [1.54, 1.807) is 6.07 Å². The lowest BCUT2D eigenvalue weighted by Crippen LogP contribution is -2.50. The van der Waals surface area contributed by atoms with Crippen molar-refractivity contribution in [3.8, 4) is 6.07 Å². The average Bonchev–Trinajstić information content (AvgIpc) is 3.09. The summed E-state index contributed by atoms with van der Waals surface area (Å²) in [6.45, 7) is 5.89. The number of hydrogen-bond donors (Lipinski definition) is 1. The normalized spacial score (nSPS) is 21.9. The van der Waals surface area contributed by atoms with Gasteiger partial charge < -0.3 is 10.2 Å². The van der Waals surface area contributed by atoms with E-state index in [0.29, 0.717) is 17.3 Å². The molecular weight excluding hydrogens is 288 g/mol. The molecule has 2 fully saturated rings. The van der Waals surface area contributed by atoms with Gasteiger partial charge >= 0.3 is 6.03 Å². The highest BCUT2D eigenvalue weighted by Gasteiger charge is 2.29. The van der Waals surface area contributed by atoms with E-state index >= 15 is 0 Å². The molecule has 5 heteroatoms. The maximum Gasteiger partial charge on any atom is 0.321 e. The number of nitrogens with one attached hydrogen (secondary N) is 1. The first-order chi connectivity index (χ1) is 11.2. The number of benzene rings is 1. The summed E-state index contributed by atoms with van der Waals surface area (Å²) >= 11 is 0. The van der Waals surface area contributed by atoms with Crippen LogP contribution >= 0.6 is 0 Å². The molecule has 2 saturated heterocycles. The maximum atomic E-state index is 12.6. The predicted octanol–water partition coefficient (Wildman–Crippen LogP) is 2.96. The zero-order chi connectivity index (χ0) is 16.2. The number of nitrogens with zero attached hydrogens (tertiary/aromatic N) is 3. The van der Waals surface area contributed by atoms with E-state index in [2.05, 4.69) is 16.3 Å². The minimum atomic E-state index is -0.0524. The van der Waals surface area contributed by atoms with Crippen LogP contribution in [0.5, 0.6) is 0 Å². The van der Waals surface area contributed by atoms with Crippen molar-refractivity contribution in [1.29, 1.82) is 5.26 Å². The molecule has 0 aromatic heterocycles. The molecule has 1 atom stereocenters. The van der Waals surface area contributed by atoms with Crippen LogP contribution in [0.4, 0.5) is 10.5 Å². The summed E-state index contributed by atoms with van der Waals surface area (Å²) in [5.41, 5.74) is 2.26. The molecule has 1 unspecified atom stereocenters. The molecule has 0 bridgehead atoms. The Kier molecular flexibility index (Phi) is 4.82. The van der Waals surface area contributed by atoms with Crippen LogP contribution in [0.25, 0.3) is 0 Å². The molecule has 0 aliphatic carbocycles. The highest BCUT2D eigenvalue weighted by molar-refractivity contribution is 5.89. The van der Waals surface area contributed by atoms with E-state index in [0.717, 1.165) is 25.1 Å². The highest BCUT2D eigenvalue weighted by atomic mass is 16.2. The van der Waals surface area contributed by atoms with Crippen LogP contribution in [0, 0.1) is 18.3 Å². The number of aryl methyl sites for hydroxylation is 1. The van der Waals surface area contributed by atoms with E-state index in [4.69, 9.17) is 5.26 Å². The fourth-order valence-electron chi connectivity index (χ4n) is 3.67. The molecule has 0 radical (unpaired) electrons. The Morgan fingerprint density at radius 3 is 2.74 bits per heavy atom. The second-order valence-electron chi connectivity index (χ2n) is 6.61. The van der Waals surface area contributed by atoms with Crippen LogP contribution in [0.1, 0.15) is 36.8 Å². The lowest BCUT2D eigenvalue weighted by atomic mass is 10.0. The number of urea groups is 1. The molecule has 5 nitrogen and oxygen atoms in total. The molecule has 23 heavy (non-hydrogen) atoms. The van der Waals surface area contributed by atoms with Gasteiger partial charge in [0.25, 0.3) is 0 Å². The van der Waals surface area contributed by atoms with Gasteiger partial charge in [0, 0.05) is 24.8 Å². The van der Waals surface area contributed by atoms with Crippen LogP contribution in [0.15, 0.2) is 18.2 Å². The average molecular weight is 312 g/mol. The molecule has 2 heterocycles. The first-order valence-electron chi connectivity index (χ1n) is 8.47. The Hall–Kier alpha value is -2.06. The molecule has 0 saturated carbocycles. The number of amides is 2. The molecule has 2 aliphatic rings. The Balaban J connectivity index is 1.63. The third kappa shape index (κ3) is 3.83. The monoisotopic (exact) mass is 312 g/mol. The van der Waals surface area contributed by atoms with Crippen molar-refractivity contribution in [2.75, 3.05) is 31.5 Å². The third-order valence-electron chi connectivity index (χ3n) is 4.80. The van der Waals surface area contributed by atoms with Gasteiger partial charge in [-0.15, -0.1) is 0 Å². The zero-order valence-electron chi connectivity index (χ0n) is 13.7. The summed E-state index contributed by atoms with van der Waals surface area (Å²) in [5.74, 6) is 0. The largest absolute Gasteiger partial charge is 0.323 e. The van der Waals surface area contributed by atoms with Gasteiger partial charge in [-0.05, 0) is 69.5 Å². The van der Waals surface area contributed by atoms with Crippen molar-refractivity contribution in [1.82, 2.24) is 9.80 Å². The van der Waals surface area contributed by atoms with Gasteiger partial charge in [-0.1, -0.05) is 0 Å². The van der Waals surface area contributed by atoms with Crippen molar-refractivity contribution >= 4 is 11.7 Å². The molecule has 3 rings (SSSR count). The number of rotatable bonds is 2. The number of carbonyl (C=O) groups excluding carboxylic acids is 1. The van der Waals surface area contributed by atoms with Crippen molar-refractivity contribution in [3.05, 3.63) is 29.3 Å². The first kappa shape index (κ1) is 15.8. The van der Waals surface area contributed by atoms with Gasteiger partial charge in [-0.3, -0.25) is 4.90 Å². The van der Waals surface area contributed by atoms with E-state index < -0.39 is 0 Å².